The second kappa shape index (κ2) is 10.0. The molecule has 0 aliphatic rings. The van der Waals surface area contributed by atoms with Crippen LogP contribution in [0.15, 0.2) is 12.4 Å². The molecular weight excluding hydrogens is 340 g/mol. The zero-order valence-corrected chi connectivity index (χ0v) is 13.2. The minimum Gasteiger partial charge on any atom is -0.394 e. The van der Waals surface area contributed by atoms with Crippen molar-refractivity contribution in [2.24, 2.45) is 0 Å². The second-order valence-electron chi connectivity index (χ2n) is 5.62. The largest absolute Gasteiger partial charge is 0.394 e. The summed E-state index contributed by atoms with van der Waals surface area (Å²) in [5.74, 6) is 0. The second-order valence-corrected chi connectivity index (χ2v) is 5.62. The summed E-state index contributed by atoms with van der Waals surface area (Å²) in [4.78, 5) is 7.68. The lowest BCUT2D eigenvalue weighted by Gasteiger charge is -2.25. The maximum atomic E-state index is 9.91. The highest BCUT2D eigenvalue weighted by atomic mass is 16.4. The molecule has 1 rings (SSSR count). The zero-order chi connectivity index (χ0) is 19.1. The number of hydrogen-bond acceptors (Lipinski definition) is 11. The Morgan fingerprint density at radius 3 is 1.72 bits per heavy atom. The minimum atomic E-state index is -1.82. The van der Waals surface area contributed by atoms with E-state index >= 15 is 0 Å². The molecule has 11 heteroatoms. The van der Waals surface area contributed by atoms with Crippen molar-refractivity contribution < 1.29 is 46.0 Å². The molecule has 144 valence electrons. The molecule has 1 aromatic heterocycles. The monoisotopic (exact) mass is 364 g/mol. The first kappa shape index (κ1) is 21.8. The molecule has 0 saturated heterocycles. The lowest BCUT2D eigenvalue weighted by molar-refractivity contribution is -0.117. The molecule has 11 nitrogen and oxygen atoms in total. The molecule has 0 spiro atoms. The third-order valence-corrected chi connectivity index (χ3v) is 3.68. The molecule has 9 N–H and O–H groups in total. The fourth-order valence-corrected chi connectivity index (χ4v) is 2.02. The molecule has 0 aliphatic carbocycles. The molecular formula is C14H24N2O9. The predicted octanol–water partition coefficient (Wildman–Crippen LogP) is -4.80. The van der Waals surface area contributed by atoms with Crippen molar-refractivity contribution in [1.29, 1.82) is 0 Å². The van der Waals surface area contributed by atoms with Crippen LogP contribution in [0.4, 0.5) is 0 Å². The molecule has 25 heavy (non-hydrogen) atoms. The Balaban J connectivity index is 2.72. The number of aliphatic hydroxyl groups excluding tert-OH is 9. The van der Waals surface area contributed by atoms with Gasteiger partial charge in [0.05, 0.1) is 36.9 Å². The summed E-state index contributed by atoms with van der Waals surface area (Å²) in [5.41, 5.74) is 0.0592. The molecule has 0 unspecified atom stereocenters. The van der Waals surface area contributed by atoms with E-state index in [4.69, 9.17) is 10.2 Å². The van der Waals surface area contributed by atoms with E-state index in [1.54, 1.807) is 0 Å². The van der Waals surface area contributed by atoms with Crippen molar-refractivity contribution in [1.82, 2.24) is 9.97 Å². The lowest BCUT2D eigenvalue weighted by atomic mass is 10.0. The molecule has 1 heterocycles. The number of hydrogen-bond donors (Lipinski definition) is 9. The van der Waals surface area contributed by atoms with E-state index in [2.05, 4.69) is 9.97 Å². The topological polar surface area (TPSA) is 208 Å². The Bertz CT molecular complexity index is 504. The van der Waals surface area contributed by atoms with Crippen LogP contribution in [0.1, 0.15) is 17.5 Å². The highest BCUT2D eigenvalue weighted by Gasteiger charge is 2.32. The van der Waals surface area contributed by atoms with Crippen LogP contribution in [0.5, 0.6) is 0 Å². The van der Waals surface area contributed by atoms with Gasteiger partial charge in [0.25, 0.3) is 0 Å². The van der Waals surface area contributed by atoms with Crippen LogP contribution in [0, 0.1) is 0 Å². The van der Waals surface area contributed by atoms with Gasteiger partial charge < -0.3 is 46.0 Å². The van der Waals surface area contributed by atoms with Crippen LogP contribution in [0.3, 0.4) is 0 Å². The molecule has 0 saturated carbocycles. The van der Waals surface area contributed by atoms with Crippen LogP contribution < -0.4 is 0 Å². The number of aliphatic hydroxyl groups is 9. The standard InChI is InChI=1S/C14H24N2O9/c17-4-9(20)12(23)8(19)1-6-2-16-7(3-15-6)11(22)14(25)13(24)10(21)5-18/h2-3,8-14,17-25H,1,4-5H2/t8-,9-,10-,11+,12+,13-,14-/m1/s1. The molecule has 7 atom stereocenters. The third-order valence-electron chi connectivity index (χ3n) is 3.68. The quantitative estimate of drug-likeness (QED) is 0.192. The van der Waals surface area contributed by atoms with Gasteiger partial charge in [0.2, 0.25) is 0 Å². The Labute approximate surface area is 143 Å². The SMILES string of the molecule is OC[C@@H](O)[C@@H](O)[C@H](O)Cc1cnc([C@H](O)[C@@H](O)[C@H](O)[C@H](O)CO)cn1. The summed E-state index contributed by atoms with van der Waals surface area (Å²) in [6.45, 7) is -1.54. The summed E-state index contributed by atoms with van der Waals surface area (Å²) >= 11 is 0. The predicted molar refractivity (Wildman–Crippen MR) is 80.9 cm³/mol. The van der Waals surface area contributed by atoms with Crippen LogP contribution in [-0.4, -0.2) is 106 Å². The molecule has 0 fully saturated rings. The van der Waals surface area contributed by atoms with Gasteiger partial charge in [-0.1, -0.05) is 0 Å². The number of rotatable bonds is 10. The van der Waals surface area contributed by atoms with Gasteiger partial charge in [-0.3, -0.25) is 9.97 Å². The van der Waals surface area contributed by atoms with Gasteiger partial charge in [-0.25, -0.2) is 0 Å². The fourth-order valence-electron chi connectivity index (χ4n) is 2.02. The highest BCUT2D eigenvalue weighted by molar-refractivity contribution is 5.08. The van der Waals surface area contributed by atoms with E-state index in [-0.39, 0.29) is 17.8 Å². The maximum absolute atomic E-state index is 9.91. The van der Waals surface area contributed by atoms with Gasteiger partial charge in [0, 0.05) is 12.6 Å². The van der Waals surface area contributed by atoms with Crippen LogP contribution in [0.2, 0.25) is 0 Å². The van der Waals surface area contributed by atoms with E-state index in [9.17, 15) is 35.7 Å². The van der Waals surface area contributed by atoms with E-state index in [1.165, 1.54) is 0 Å². The summed E-state index contributed by atoms with van der Waals surface area (Å²) in [6.07, 6.45) is -9.49. The van der Waals surface area contributed by atoms with E-state index in [0.717, 1.165) is 12.4 Å². The van der Waals surface area contributed by atoms with Gasteiger partial charge in [-0.2, -0.15) is 0 Å². The summed E-state index contributed by atoms with van der Waals surface area (Å²) in [7, 11) is 0. The lowest BCUT2D eigenvalue weighted by Crippen LogP contribution is -2.43. The van der Waals surface area contributed by atoms with Crippen LogP contribution >= 0.6 is 0 Å². The Morgan fingerprint density at radius 2 is 1.24 bits per heavy atom. The molecule has 1 aromatic rings. The molecule has 0 aromatic carbocycles. The van der Waals surface area contributed by atoms with Gasteiger partial charge in [-0.05, 0) is 0 Å². The van der Waals surface area contributed by atoms with Crippen LogP contribution in [0.25, 0.3) is 0 Å². The Hall–Kier alpha value is -1.28. The molecule has 0 bridgehead atoms. The van der Waals surface area contributed by atoms with E-state index < -0.39 is 55.9 Å². The average Bonchev–Trinajstić information content (AvgIpc) is 2.64. The average molecular weight is 364 g/mol. The smallest absolute Gasteiger partial charge is 0.126 e. The minimum absolute atomic E-state index is 0.133. The Morgan fingerprint density at radius 1 is 0.680 bits per heavy atom. The van der Waals surface area contributed by atoms with E-state index in [1.807, 2.05) is 0 Å². The van der Waals surface area contributed by atoms with Crippen molar-refractivity contribution in [3.8, 4) is 0 Å². The highest BCUT2D eigenvalue weighted by Crippen LogP contribution is 2.18. The fraction of sp³-hybridized carbons (Fsp3) is 0.714. The van der Waals surface area contributed by atoms with Crippen molar-refractivity contribution in [3.05, 3.63) is 23.8 Å². The van der Waals surface area contributed by atoms with Gasteiger partial charge in [0.15, 0.2) is 0 Å². The first-order chi connectivity index (χ1) is 11.7. The zero-order valence-electron chi connectivity index (χ0n) is 13.2. The van der Waals surface area contributed by atoms with Crippen molar-refractivity contribution in [2.75, 3.05) is 13.2 Å². The summed E-state index contributed by atoms with van der Waals surface area (Å²) in [5, 5.41) is 84.5. The van der Waals surface area contributed by atoms with E-state index in [0.29, 0.717) is 0 Å². The van der Waals surface area contributed by atoms with Crippen molar-refractivity contribution in [3.63, 3.8) is 0 Å². The van der Waals surface area contributed by atoms with Gasteiger partial charge >= 0.3 is 0 Å². The first-order valence-corrected chi connectivity index (χ1v) is 7.51. The first-order valence-electron chi connectivity index (χ1n) is 7.51. The summed E-state index contributed by atoms with van der Waals surface area (Å²) < 4.78 is 0. The molecule has 0 radical (unpaired) electrons. The molecule has 0 amide bonds. The van der Waals surface area contributed by atoms with Crippen molar-refractivity contribution >= 4 is 0 Å². The number of aromatic nitrogens is 2. The summed E-state index contributed by atoms with van der Waals surface area (Å²) in [6, 6.07) is 0. The van der Waals surface area contributed by atoms with Crippen LogP contribution in [-0.2, 0) is 6.42 Å². The van der Waals surface area contributed by atoms with Gasteiger partial charge in [0.1, 0.15) is 36.6 Å². The van der Waals surface area contributed by atoms with Gasteiger partial charge in [-0.15, -0.1) is 0 Å². The Kier molecular flexibility index (Phi) is 8.71. The molecule has 0 aliphatic heterocycles. The maximum Gasteiger partial charge on any atom is 0.126 e. The number of nitrogens with zero attached hydrogens (tertiary/aromatic N) is 2. The normalized spacial score (nSPS) is 20.4. The van der Waals surface area contributed by atoms with Crippen molar-refractivity contribution in [2.45, 2.75) is 49.1 Å². The third kappa shape index (κ3) is 5.88.